The third kappa shape index (κ3) is 6.94. The van der Waals surface area contributed by atoms with E-state index >= 15 is 0 Å². The Bertz CT molecular complexity index is 498. The van der Waals surface area contributed by atoms with Crippen LogP contribution in [-0.4, -0.2) is 30.3 Å². The molecule has 0 fully saturated rings. The summed E-state index contributed by atoms with van der Waals surface area (Å²) in [6.45, 7) is 3.34. The fourth-order valence-electron chi connectivity index (χ4n) is 1.46. The molecule has 3 N–H and O–H groups in total. The average Bonchev–Trinajstić information content (AvgIpc) is 2.35. The summed E-state index contributed by atoms with van der Waals surface area (Å²) < 4.78 is 24.8. The number of carbonyl (C=O) groups excluding carboxylic acids is 2. The molecule has 1 rings (SSSR count). The number of anilines is 1. The van der Waals surface area contributed by atoms with E-state index in [-0.39, 0.29) is 12.6 Å². The van der Waals surface area contributed by atoms with Crippen molar-refractivity contribution in [1.82, 2.24) is 10.6 Å². The summed E-state index contributed by atoms with van der Waals surface area (Å²) in [5, 5.41) is 7.37. The van der Waals surface area contributed by atoms with E-state index in [2.05, 4.69) is 16.0 Å². The molecule has 0 aliphatic rings. The first-order chi connectivity index (χ1) is 9.88. The monoisotopic (exact) mass is 317 g/mol. The Labute approximate surface area is 125 Å². The number of para-hydroxylation sites is 1. The summed E-state index contributed by atoms with van der Waals surface area (Å²) in [6, 6.07) is 5.74. The van der Waals surface area contributed by atoms with Gasteiger partial charge < -0.3 is 10.6 Å². The van der Waals surface area contributed by atoms with Crippen LogP contribution in [0, 0.1) is 0 Å². The summed E-state index contributed by atoms with van der Waals surface area (Å²) in [4.78, 5) is 23.2. The molecule has 0 aliphatic heterocycles. The number of hydrogen-bond donors (Lipinski definition) is 3. The van der Waals surface area contributed by atoms with Crippen molar-refractivity contribution in [2.24, 2.45) is 0 Å². The highest BCUT2D eigenvalue weighted by molar-refractivity contribution is 7.99. The number of amides is 3. The summed E-state index contributed by atoms with van der Waals surface area (Å²) >= 11 is 0.392. The normalized spacial score (nSPS) is 10.6. The molecular weight excluding hydrogens is 300 g/mol. The number of carbonyl (C=O) groups is 2. The lowest BCUT2D eigenvalue weighted by molar-refractivity contribution is -0.118. The molecule has 8 heteroatoms. The van der Waals surface area contributed by atoms with Crippen molar-refractivity contribution in [2.75, 3.05) is 11.9 Å². The number of thioether (sulfide) groups is 1. The van der Waals surface area contributed by atoms with Gasteiger partial charge in [-0.15, -0.1) is 0 Å². The van der Waals surface area contributed by atoms with Crippen LogP contribution in [0.1, 0.15) is 13.8 Å². The van der Waals surface area contributed by atoms with Gasteiger partial charge >= 0.3 is 6.03 Å². The minimum absolute atomic E-state index is 0.0890. The van der Waals surface area contributed by atoms with Crippen LogP contribution in [0.15, 0.2) is 29.2 Å². The van der Waals surface area contributed by atoms with Gasteiger partial charge in [0.2, 0.25) is 5.91 Å². The Balaban J connectivity index is 2.51. The van der Waals surface area contributed by atoms with Crippen LogP contribution >= 0.6 is 11.8 Å². The lowest BCUT2D eigenvalue weighted by atomic mass is 10.3. The molecular formula is C13H17F2N3O2S. The van der Waals surface area contributed by atoms with Gasteiger partial charge in [-0.1, -0.05) is 23.9 Å². The van der Waals surface area contributed by atoms with E-state index in [9.17, 15) is 18.4 Å². The quantitative estimate of drug-likeness (QED) is 0.706. The molecule has 5 nitrogen and oxygen atoms in total. The Kier molecular flexibility index (Phi) is 6.93. The predicted molar refractivity (Wildman–Crippen MR) is 78.6 cm³/mol. The van der Waals surface area contributed by atoms with Gasteiger partial charge in [-0.2, -0.15) is 8.78 Å². The zero-order valence-electron chi connectivity index (χ0n) is 11.7. The van der Waals surface area contributed by atoms with E-state index in [0.29, 0.717) is 22.3 Å². The third-order valence-corrected chi connectivity index (χ3v) is 3.00. The second kappa shape index (κ2) is 8.46. The highest BCUT2D eigenvalue weighted by Gasteiger charge is 2.12. The van der Waals surface area contributed by atoms with Crippen LogP contribution in [0.5, 0.6) is 0 Å². The third-order valence-electron chi connectivity index (χ3n) is 2.22. The van der Waals surface area contributed by atoms with Crippen molar-refractivity contribution in [3.63, 3.8) is 0 Å². The maximum absolute atomic E-state index is 12.4. The fourth-order valence-corrected chi connectivity index (χ4v) is 2.07. The molecule has 0 spiro atoms. The Morgan fingerprint density at radius 2 is 1.90 bits per heavy atom. The maximum atomic E-state index is 12.4. The van der Waals surface area contributed by atoms with Crippen LogP contribution in [0.2, 0.25) is 0 Å². The molecule has 0 aromatic heterocycles. The van der Waals surface area contributed by atoms with E-state index in [1.807, 2.05) is 0 Å². The molecule has 1 aromatic rings. The fraction of sp³-hybridized carbons (Fsp3) is 0.385. The number of imide groups is 1. The van der Waals surface area contributed by atoms with Gasteiger partial charge in [-0.3, -0.25) is 10.1 Å². The molecule has 21 heavy (non-hydrogen) atoms. The van der Waals surface area contributed by atoms with Gasteiger partial charge in [0.05, 0.1) is 6.54 Å². The number of benzene rings is 1. The SMILES string of the molecule is CC(C)NC(=O)NC(=O)CNc1ccccc1SC(F)F. The van der Waals surface area contributed by atoms with E-state index in [1.54, 1.807) is 32.0 Å². The van der Waals surface area contributed by atoms with Crippen molar-refractivity contribution >= 4 is 29.4 Å². The largest absolute Gasteiger partial charge is 0.375 e. The molecule has 1 aromatic carbocycles. The van der Waals surface area contributed by atoms with E-state index in [0.717, 1.165) is 0 Å². The topological polar surface area (TPSA) is 70.2 Å². The van der Waals surface area contributed by atoms with Crippen LogP contribution in [0.3, 0.4) is 0 Å². The lowest BCUT2D eigenvalue weighted by Crippen LogP contribution is -2.44. The molecule has 3 amide bonds. The number of rotatable bonds is 6. The summed E-state index contributed by atoms with van der Waals surface area (Å²) in [5.41, 5.74) is 0.419. The molecule has 0 saturated carbocycles. The van der Waals surface area contributed by atoms with Gasteiger partial charge in [-0.25, -0.2) is 4.79 Å². The standard InChI is InChI=1S/C13H17F2N3O2S/c1-8(2)17-13(20)18-11(19)7-16-9-5-3-4-6-10(9)21-12(14)15/h3-6,8,12,16H,7H2,1-2H3,(H2,17,18,19,20). The first-order valence-electron chi connectivity index (χ1n) is 6.26. The van der Waals surface area contributed by atoms with Crippen molar-refractivity contribution in [1.29, 1.82) is 0 Å². The van der Waals surface area contributed by atoms with Crippen molar-refractivity contribution in [2.45, 2.75) is 30.5 Å². The van der Waals surface area contributed by atoms with Crippen LogP contribution in [-0.2, 0) is 4.79 Å². The lowest BCUT2D eigenvalue weighted by Gasteiger charge is -2.12. The smallest absolute Gasteiger partial charge is 0.321 e. The molecule has 0 radical (unpaired) electrons. The first-order valence-corrected chi connectivity index (χ1v) is 7.14. The Morgan fingerprint density at radius 1 is 1.24 bits per heavy atom. The van der Waals surface area contributed by atoms with Crippen LogP contribution < -0.4 is 16.0 Å². The number of urea groups is 1. The first kappa shape index (κ1) is 17.2. The van der Waals surface area contributed by atoms with Gasteiger partial charge in [0.25, 0.3) is 5.76 Å². The number of nitrogens with one attached hydrogen (secondary N) is 3. The molecule has 116 valence electrons. The van der Waals surface area contributed by atoms with E-state index in [1.165, 1.54) is 6.07 Å². The van der Waals surface area contributed by atoms with Crippen molar-refractivity contribution < 1.29 is 18.4 Å². The zero-order valence-corrected chi connectivity index (χ0v) is 12.5. The van der Waals surface area contributed by atoms with Gasteiger partial charge in [0.1, 0.15) is 0 Å². The molecule has 0 saturated heterocycles. The summed E-state index contributed by atoms with van der Waals surface area (Å²) in [5.74, 6) is -3.09. The summed E-state index contributed by atoms with van der Waals surface area (Å²) in [7, 11) is 0. The maximum Gasteiger partial charge on any atom is 0.321 e. The van der Waals surface area contributed by atoms with Crippen molar-refractivity contribution in [3.8, 4) is 0 Å². The van der Waals surface area contributed by atoms with Gasteiger partial charge in [0.15, 0.2) is 0 Å². The minimum atomic E-state index is -2.54. The molecule has 0 aliphatic carbocycles. The van der Waals surface area contributed by atoms with E-state index in [4.69, 9.17) is 0 Å². The average molecular weight is 317 g/mol. The number of alkyl halides is 2. The number of halogens is 2. The summed E-state index contributed by atoms with van der Waals surface area (Å²) in [6.07, 6.45) is 0. The second-order valence-corrected chi connectivity index (χ2v) is 5.44. The van der Waals surface area contributed by atoms with Gasteiger partial charge in [-0.05, 0) is 26.0 Å². The van der Waals surface area contributed by atoms with E-state index < -0.39 is 17.7 Å². The van der Waals surface area contributed by atoms with Crippen molar-refractivity contribution in [3.05, 3.63) is 24.3 Å². The minimum Gasteiger partial charge on any atom is -0.375 e. The molecule has 0 heterocycles. The highest BCUT2D eigenvalue weighted by Crippen LogP contribution is 2.31. The Morgan fingerprint density at radius 3 is 2.52 bits per heavy atom. The molecule has 0 atom stereocenters. The second-order valence-electron chi connectivity index (χ2n) is 4.40. The number of hydrogen-bond acceptors (Lipinski definition) is 4. The highest BCUT2D eigenvalue weighted by atomic mass is 32.2. The predicted octanol–water partition coefficient (Wildman–Crippen LogP) is 2.65. The Hall–Kier alpha value is -1.83. The van der Waals surface area contributed by atoms with Crippen LogP contribution in [0.25, 0.3) is 0 Å². The zero-order chi connectivity index (χ0) is 15.8. The van der Waals surface area contributed by atoms with Gasteiger partial charge in [0, 0.05) is 16.6 Å². The van der Waals surface area contributed by atoms with Crippen LogP contribution in [0.4, 0.5) is 19.3 Å². The molecule has 0 unspecified atom stereocenters. The molecule has 0 bridgehead atoms.